The van der Waals surface area contributed by atoms with Gasteiger partial charge in [-0.3, -0.25) is 19.5 Å². The van der Waals surface area contributed by atoms with Crippen molar-refractivity contribution in [2.75, 3.05) is 13.1 Å². The molecule has 6 nitrogen and oxygen atoms in total. The standard InChI is InChI=1S/C22H24N4O2/c1-24-20(17-10-4-2-5-11-17)16-25(23)14-8-3-9-15-26-21(27)18-12-6-7-13-19(18)22(26)28/h2,4-7,10-13,16H,1,3,8-9,14-15,23H2/b20-16-. The number of fused-ring (bicyclic) bond motifs is 1. The fraction of sp³-hybridized carbons (Fsp3) is 0.227. The van der Waals surface area contributed by atoms with E-state index in [1.807, 2.05) is 30.3 Å². The summed E-state index contributed by atoms with van der Waals surface area (Å²) >= 11 is 0. The Balaban J connectivity index is 1.44. The van der Waals surface area contributed by atoms with Crippen molar-refractivity contribution in [1.29, 1.82) is 0 Å². The molecule has 0 bridgehead atoms. The van der Waals surface area contributed by atoms with Gasteiger partial charge in [-0.2, -0.15) is 0 Å². The van der Waals surface area contributed by atoms with E-state index in [1.54, 1.807) is 35.5 Å². The average Bonchev–Trinajstić information content (AvgIpc) is 2.97. The molecule has 1 aliphatic rings. The van der Waals surface area contributed by atoms with Crippen LogP contribution in [0.3, 0.4) is 0 Å². The SMILES string of the molecule is C=N/C(=C\N(N)CCCCCN1C(=O)c2ccccc2C1=O)c1ccccc1. The molecule has 6 heteroatoms. The number of carbonyl (C=O) groups is 2. The third-order valence-electron chi connectivity index (χ3n) is 4.70. The number of nitrogens with two attached hydrogens (primary N) is 1. The van der Waals surface area contributed by atoms with Gasteiger partial charge in [0.05, 0.1) is 16.8 Å². The highest BCUT2D eigenvalue weighted by atomic mass is 16.2. The van der Waals surface area contributed by atoms with Gasteiger partial charge in [-0.15, -0.1) is 0 Å². The van der Waals surface area contributed by atoms with Gasteiger partial charge in [0.2, 0.25) is 0 Å². The summed E-state index contributed by atoms with van der Waals surface area (Å²) in [6.45, 7) is 4.68. The molecule has 2 N–H and O–H groups in total. The number of nitrogens with zero attached hydrogens (tertiary/aromatic N) is 3. The maximum Gasteiger partial charge on any atom is 0.261 e. The molecule has 0 saturated heterocycles. The zero-order valence-corrected chi connectivity index (χ0v) is 15.8. The number of unbranched alkanes of at least 4 members (excludes halogenated alkanes) is 2. The molecule has 0 radical (unpaired) electrons. The highest BCUT2D eigenvalue weighted by Crippen LogP contribution is 2.22. The molecular weight excluding hydrogens is 352 g/mol. The van der Waals surface area contributed by atoms with Crippen LogP contribution < -0.4 is 5.84 Å². The number of carbonyl (C=O) groups excluding carboxylic acids is 2. The summed E-state index contributed by atoms with van der Waals surface area (Å²) in [5.41, 5.74) is 2.67. The van der Waals surface area contributed by atoms with Crippen molar-refractivity contribution in [3.05, 3.63) is 77.5 Å². The second kappa shape index (κ2) is 9.10. The Kier molecular flexibility index (Phi) is 6.34. The molecule has 0 aromatic heterocycles. The topological polar surface area (TPSA) is 79.0 Å². The molecule has 2 aromatic carbocycles. The lowest BCUT2D eigenvalue weighted by Crippen LogP contribution is -2.31. The van der Waals surface area contributed by atoms with E-state index in [4.69, 9.17) is 5.84 Å². The molecule has 0 saturated carbocycles. The average molecular weight is 376 g/mol. The number of hydrogen-bond donors (Lipinski definition) is 1. The lowest BCUT2D eigenvalue weighted by Gasteiger charge is -2.16. The Labute approximate surface area is 164 Å². The first-order chi connectivity index (χ1) is 13.6. The van der Waals surface area contributed by atoms with Crippen molar-refractivity contribution in [2.24, 2.45) is 10.8 Å². The fourth-order valence-corrected chi connectivity index (χ4v) is 3.22. The Hall–Kier alpha value is -3.25. The van der Waals surface area contributed by atoms with Gasteiger partial charge in [0, 0.05) is 24.9 Å². The van der Waals surface area contributed by atoms with Crippen molar-refractivity contribution in [3.63, 3.8) is 0 Å². The van der Waals surface area contributed by atoms with Crippen LogP contribution in [0.2, 0.25) is 0 Å². The zero-order chi connectivity index (χ0) is 19.9. The van der Waals surface area contributed by atoms with Crippen molar-refractivity contribution >= 4 is 24.2 Å². The summed E-state index contributed by atoms with van der Waals surface area (Å²) in [6, 6.07) is 16.7. The number of imide groups is 1. The Bertz CT molecular complexity index is 857. The van der Waals surface area contributed by atoms with Gasteiger partial charge < -0.3 is 5.01 Å². The number of benzene rings is 2. The minimum Gasteiger partial charge on any atom is -0.316 e. The van der Waals surface area contributed by atoms with Crippen molar-refractivity contribution in [3.8, 4) is 0 Å². The highest BCUT2D eigenvalue weighted by Gasteiger charge is 2.34. The van der Waals surface area contributed by atoms with Crippen LogP contribution in [0.15, 0.2) is 65.8 Å². The van der Waals surface area contributed by atoms with Gasteiger partial charge in [-0.05, 0) is 38.1 Å². The van der Waals surface area contributed by atoms with Crippen molar-refractivity contribution in [1.82, 2.24) is 9.91 Å². The minimum atomic E-state index is -0.200. The maximum atomic E-state index is 12.3. The van der Waals surface area contributed by atoms with Crippen LogP contribution in [0.25, 0.3) is 5.70 Å². The molecule has 0 aliphatic carbocycles. The Morgan fingerprint density at radius 3 is 2.18 bits per heavy atom. The van der Waals surface area contributed by atoms with Gasteiger partial charge in [-0.1, -0.05) is 42.5 Å². The molecule has 2 aromatic rings. The predicted molar refractivity (Wildman–Crippen MR) is 111 cm³/mol. The largest absolute Gasteiger partial charge is 0.316 e. The normalized spacial score (nSPS) is 13.6. The number of amides is 2. The smallest absolute Gasteiger partial charge is 0.261 e. The molecule has 144 valence electrons. The molecule has 1 heterocycles. The molecule has 1 aliphatic heterocycles. The van der Waals surface area contributed by atoms with Crippen LogP contribution in [0, 0.1) is 0 Å². The first kappa shape index (κ1) is 19.5. The quantitative estimate of drug-likeness (QED) is 0.239. The third-order valence-corrected chi connectivity index (χ3v) is 4.70. The summed E-state index contributed by atoms with van der Waals surface area (Å²) in [4.78, 5) is 30.0. The minimum absolute atomic E-state index is 0.200. The van der Waals surface area contributed by atoms with Gasteiger partial charge >= 0.3 is 0 Å². The van der Waals surface area contributed by atoms with E-state index in [1.165, 1.54) is 4.90 Å². The van der Waals surface area contributed by atoms with E-state index in [2.05, 4.69) is 11.7 Å². The lowest BCUT2D eigenvalue weighted by atomic mass is 10.1. The molecule has 3 rings (SSSR count). The van der Waals surface area contributed by atoms with Crippen molar-refractivity contribution in [2.45, 2.75) is 19.3 Å². The third kappa shape index (κ3) is 4.35. The molecule has 28 heavy (non-hydrogen) atoms. The van der Waals surface area contributed by atoms with E-state index < -0.39 is 0 Å². The van der Waals surface area contributed by atoms with Gasteiger partial charge in [0.15, 0.2) is 0 Å². The lowest BCUT2D eigenvalue weighted by molar-refractivity contribution is 0.0651. The Morgan fingerprint density at radius 2 is 1.57 bits per heavy atom. The number of hydrogen-bond acceptors (Lipinski definition) is 5. The summed E-state index contributed by atoms with van der Waals surface area (Å²) in [5.74, 6) is 5.64. The second-order valence-corrected chi connectivity index (χ2v) is 6.64. The van der Waals surface area contributed by atoms with Crippen LogP contribution in [0.5, 0.6) is 0 Å². The summed E-state index contributed by atoms with van der Waals surface area (Å²) in [7, 11) is 0. The first-order valence-corrected chi connectivity index (χ1v) is 9.32. The van der Waals surface area contributed by atoms with Crippen molar-refractivity contribution < 1.29 is 9.59 Å². The predicted octanol–water partition coefficient (Wildman–Crippen LogP) is 3.33. The first-order valence-electron chi connectivity index (χ1n) is 9.32. The van der Waals surface area contributed by atoms with Gasteiger partial charge in [-0.25, -0.2) is 5.84 Å². The molecule has 0 unspecified atom stereocenters. The van der Waals surface area contributed by atoms with Crippen LogP contribution in [-0.2, 0) is 0 Å². The van der Waals surface area contributed by atoms with E-state index in [0.717, 1.165) is 24.8 Å². The summed E-state index contributed by atoms with van der Waals surface area (Å²) < 4.78 is 0. The van der Waals surface area contributed by atoms with Crippen LogP contribution in [-0.4, -0.2) is 41.5 Å². The van der Waals surface area contributed by atoms with Crippen LogP contribution in [0.1, 0.15) is 45.5 Å². The van der Waals surface area contributed by atoms with E-state index in [0.29, 0.717) is 29.9 Å². The van der Waals surface area contributed by atoms with Crippen LogP contribution >= 0.6 is 0 Å². The summed E-state index contributed by atoms with van der Waals surface area (Å²) in [5, 5.41) is 1.60. The summed E-state index contributed by atoms with van der Waals surface area (Å²) in [6.07, 6.45) is 4.22. The maximum absolute atomic E-state index is 12.3. The van der Waals surface area contributed by atoms with E-state index in [9.17, 15) is 9.59 Å². The number of rotatable bonds is 9. The molecular formula is C22H24N4O2. The monoisotopic (exact) mass is 376 g/mol. The molecule has 0 spiro atoms. The van der Waals surface area contributed by atoms with E-state index >= 15 is 0 Å². The molecule has 2 amide bonds. The number of aliphatic imine (C=N–C) groups is 1. The highest BCUT2D eigenvalue weighted by molar-refractivity contribution is 6.21. The zero-order valence-electron chi connectivity index (χ0n) is 15.8. The fourth-order valence-electron chi connectivity index (χ4n) is 3.22. The second-order valence-electron chi connectivity index (χ2n) is 6.64. The van der Waals surface area contributed by atoms with Gasteiger partial charge in [0.25, 0.3) is 11.8 Å². The van der Waals surface area contributed by atoms with Crippen LogP contribution in [0.4, 0.5) is 0 Å². The van der Waals surface area contributed by atoms with E-state index in [-0.39, 0.29) is 11.8 Å². The molecule has 0 fully saturated rings. The number of hydrazine groups is 1. The Morgan fingerprint density at radius 1 is 0.964 bits per heavy atom. The molecule has 0 atom stereocenters. The van der Waals surface area contributed by atoms with Gasteiger partial charge in [0.1, 0.15) is 0 Å².